The summed E-state index contributed by atoms with van der Waals surface area (Å²) in [5.74, 6) is -0.182. The van der Waals surface area contributed by atoms with Gasteiger partial charge in [-0.1, -0.05) is 0 Å². The Balaban J connectivity index is 0.00000144. The van der Waals surface area contributed by atoms with Gasteiger partial charge in [0.15, 0.2) is 0 Å². The van der Waals surface area contributed by atoms with E-state index in [1.165, 1.54) is 0 Å². The van der Waals surface area contributed by atoms with E-state index in [2.05, 4.69) is 16.4 Å². The average Bonchev–Trinajstić information content (AvgIpc) is 2.96. The van der Waals surface area contributed by atoms with Crippen molar-refractivity contribution in [3.63, 3.8) is 0 Å². The van der Waals surface area contributed by atoms with E-state index < -0.39 is 5.79 Å². The lowest BCUT2D eigenvalue weighted by Gasteiger charge is -2.33. The van der Waals surface area contributed by atoms with Crippen LogP contribution in [0.1, 0.15) is 42.0 Å². The van der Waals surface area contributed by atoms with Crippen molar-refractivity contribution in [1.29, 1.82) is 0 Å². The van der Waals surface area contributed by atoms with E-state index in [0.717, 1.165) is 55.6 Å². The molecule has 1 aromatic rings. The lowest BCUT2D eigenvalue weighted by Crippen LogP contribution is -2.38. The van der Waals surface area contributed by atoms with Crippen molar-refractivity contribution in [3.8, 4) is 0 Å². The zero-order valence-electron chi connectivity index (χ0n) is 12.4. The van der Waals surface area contributed by atoms with Crippen molar-refractivity contribution in [1.82, 2.24) is 10.3 Å². The molecule has 0 bridgehead atoms. The maximum atomic E-state index is 12.4. The number of nitrogens with one attached hydrogen (secondary N) is 2. The third-order valence-electron chi connectivity index (χ3n) is 4.86. The molecule has 0 amide bonds. The van der Waals surface area contributed by atoms with E-state index in [4.69, 9.17) is 9.47 Å². The quantitative estimate of drug-likeness (QED) is 0.829. The fraction of sp³-hybridized carbons (Fsp3) is 0.562. The number of piperidine rings is 1. The third-order valence-corrected chi connectivity index (χ3v) is 4.86. The SMILES string of the molecule is Cl.O=c1[nH]c2c(cc1C1CCNCC1)CC1(CC2)OC=CO1. The standard InChI is InChI=1S/C16H20N2O3.ClH/c19-15-13(11-2-5-17-6-3-11)9-12-10-16(20-7-8-21-16)4-1-14(12)18-15;/h7-9,11,17H,1-6,10H2,(H,18,19);1H. The summed E-state index contributed by atoms with van der Waals surface area (Å²) in [5.41, 5.74) is 3.22. The molecule has 2 N–H and O–H groups in total. The van der Waals surface area contributed by atoms with Crippen LogP contribution in [0.15, 0.2) is 23.4 Å². The molecule has 0 unspecified atom stereocenters. The third kappa shape index (κ3) is 2.63. The lowest BCUT2D eigenvalue weighted by molar-refractivity contribution is -0.148. The fourth-order valence-electron chi connectivity index (χ4n) is 3.67. The first kappa shape index (κ1) is 15.4. The molecule has 6 heteroatoms. The summed E-state index contributed by atoms with van der Waals surface area (Å²) in [4.78, 5) is 15.4. The maximum absolute atomic E-state index is 12.4. The smallest absolute Gasteiger partial charge is 0.254 e. The molecule has 22 heavy (non-hydrogen) atoms. The van der Waals surface area contributed by atoms with Gasteiger partial charge in [0.1, 0.15) is 12.5 Å². The number of H-pyrrole nitrogens is 1. The monoisotopic (exact) mass is 324 g/mol. The zero-order chi connectivity index (χ0) is 14.3. The van der Waals surface area contributed by atoms with Crippen LogP contribution in [0.5, 0.6) is 0 Å². The second kappa shape index (κ2) is 5.97. The number of pyridine rings is 1. The van der Waals surface area contributed by atoms with Gasteiger partial charge in [-0.05, 0) is 49.9 Å². The highest BCUT2D eigenvalue weighted by atomic mass is 35.5. The van der Waals surface area contributed by atoms with Crippen LogP contribution in [-0.4, -0.2) is 23.9 Å². The molecule has 2 aliphatic heterocycles. The van der Waals surface area contributed by atoms with Gasteiger partial charge in [0, 0.05) is 17.7 Å². The lowest BCUT2D eigenvalue weighted by atomic mass is 9.85. The van der Waals surface area contributed by atoms with Crippen LogP contribution in [0.4, 0.5) is 0 Å². The van der Waals surface area contributed by atoms with Gasteiger partial charge in [0.05, 0.1) is 6.42 Å². The molecule has 0 saturated carbocycles. The summed E-state index contributed by atoms with van der Waals surface area (Å²) in [6, 6.07) is 2.09. The highest BCUT2D eigenvalue weighted by Crippen LogP contribution is 2.35. The average molecular weight is 325 g/mol. The van der Waals surface area contributed by atoms with Crippen molar-refractivity contribution >= 4 is 12.4 Å². The molecule has 3 aliphatic rings. The summed E-state index contributed by atoms with van der Waals surface area (Å²) in [6.45, 7) is 1.97. The van der Waals surface area contributed by atoms with E-state index in [9.17, 15) is 4.79 Å². The van der Waals surface area contributed by atoms with Crippen LogP contribution in [0.2, 0.25) is 0 Å². The minimum Gasteiger partial charge on any atom is -0.456 e. The number of halogens is 1. The molecule has 3 heterocycles. The van der Waals surface area contributed by atoms with Crippen LogP contribution in [0, 0.1) is 0 Å². The molecule has 4 rings (SSSR count). The molecule has 5 nitrogen and oxygen atoms in total. The van der Waals surface area contributed by atoms with Crippen LogP contribution < -0.4 is 10.9 Å². The number of aryl methyl sites for hydroxylation is 1. The highest BCUT2D eigenvalue weighted by Gasteiger charge is 2.40. The molecule has 0 aromatic carbocycles. The molecule has 0 atom stereocenters. The summed E-state index contributed by atoms with van der Waals surface area (Å²) in [6.07, 6.45) is 7.55. The van der Waals surface area contributed by atoms with Crippen LogP contribution >= 0.6 is 12.4 Å². The zero-order valence-corrected chi connectivity index (χ0v) is 13.2. The molecular formula is C16H21ClN2O3. The summed E-state index contributed by atoms with van der Waals surface area (Å²) in [7, 11) is 0. The Morgan fingerprint density at radius 3 is 2.64 bits per heavy atom. The first-order chi connectivity index (χ1) is 10.3. The minimum atomic E-state index is -0.545. The number of rotatable bonds is 1. The van der Waals surface area contributed by atoms with E-state index in [1.54, 1.807) is 12.5 Å². The summed E-state index contributed by atoms with van der Waals surface area (Å²) in [5, 5.41) is 3.35. The van der Waals surface area contributed by atoms with Gasteiger partial charge < -0.3 is 19.8 Å². The van der Waals surface area contributed by atoms with Gasteiger partial charge in [-0.25, -0.2) is 0 Å². The van der Waals surface area contributed by atoms with Crippen molar-refractivity contribution in [3.05, 3.63) is 45.8 Å². The fourth-order valence-corrected chi connectivity index (χ4v) is 3.67. The predicted octanol–water partition coefficient (Wildman–Crippen LogP) is 1.97. The van der Waals surface area contributed by atoms with Gasteiger partial charge in [0.25, 0.3) is 11.3 Å². The Morgan fingerprint density at radius 2 is 1.91 bits per heavy atom. The molecule has 1 aliphatic carbocycles. The topological polar surface area (TPSA) is 63.4 Å². The van der Waals surface area contributed by atoms with Crippen LogP contribution in [0.25, 0.3) is 0 Å². The largest absolute Gasteiger partial charge is 0.456 e. The van der Waals surface area contributed by atoms with E-state index in [1.807, 2.05) is 0 Å². The number of aromatic amines is 1. The normalized spacial score (nSPS) is 22.5. The Morgan fingerprint density at radius 1 is 1.18 bits per heavy atom. The summed E-state index contributed by atoms with van der Waals surface area (Å²) >= 11 is 0. The Labute approximate surface area is 135 Å². The van der Waals surface area contributed by atoms with Gasteiger partial charge in [-0.15, -0.1) is 12.4 Å². The first-order valence-electron chi connectivity index (χ1n) is 7.72. The minimum absolute atomic E-state index is 0. The number of aromatic nitrogens is 1. The van der Waals surface area contributed by atoms with Crippen molar-refractivity contribution in [2.45, 2.75) is 43.8 Å². The van der Waals surface area contributed by atoms with Crippen LogP contribution in [0.3, 0.4) is 0 Å². The van der Waals surface area contributed by atoms with Crippen LogP contribution in [-0.2, 0) is 22.3 Å². The van der Waals surface area contributed by atoms with Crippen molar-refractivity contribution in [2.75, 3.05) is 13.1 Å². The van der Waals surface area contributed by atoms with Crippen molar-refractivity contribution < 1.29 is 9.47 Å². The summed E-state index contributed by atoms with van der Waals surface area (Å²) < 4.78 is 11.3. The number of hydrogen-bond acceptors (Lipinski definition) is 4. The first-order valence-corrected chi connectivity index (χ1v) is 7.72. The Bertz CT molecular complexity index is 627. The molecule has 120 valence electrons. The Hall–Kier alpha value is -1.46. The molecule has 1 aromatic heterocycles. The van der Waals surface area contributed by atoms with E-state index in [-0.39, 0.29) is 18.0 Å². The van der Waals surface area contributed by atoms with Crippen molar-refractivity contribution in [2.24, 2.45) is 0 Å². The van der Waals surface area contributed by atoms with Gasteiger partial charge in [0.2, 0.25) is 0 Å². The molecule has 1 fully saturated rings. The predicted molar refractivity (Wildman–Crippen MR) is 85.2 cm³/mol. The van der Waals surface area contributed by atoms with E-state index >= 15 is 0 Å². The molecule has 1 saturated heterocycles. The molecule has 1 spiro atoms. The Kier molecular flexibility index (Phi) is 4.19. The molecular weight excluding hydrogens is 304 g/mol. The van der Waals surface area contributed by atoms with E-state index in [0.29, 0.717) is 12.3 Å². The maximum Gasteiger partial charge on any atom is 0.254 e. The van der Waals surface area contributed by atoms with Gasteiger partial charge in [-0.2, -0.15) is 0 Å². The highest BCUT2D eigenvalue weighted by molar-refractivity contribution is 5.85. The van der Waals surface area contributed by atoms with Gasteiger partial charge in [-0.3, -0.25) is 4.79 Å². The number of fused-ring (bicyclic) bond motifs is 1. The number of hydrogen-bond donors (Lipinski definition) is 2. The second-order valence-electron chi connectivity index (χ2n) is 6.18. The second-order valence-corrected chi connectivity index (χ2v) is 6.18. The number of ether oxygens (including phenoxy) is 2. The van der Waals surface area contributed by atoms with Gasteiger partial charge >= 0.3 is 0 Å². The molecule has 0 radical (unpaired) electrons.